The first-order chi connectivity index (χ1) is 9.09. The molecule has 0 radical (unpaired) electrons. The van der Waals surface area contributed by atoms with Crippen LogP contribution in [0.15, 0.2) is 29.2 Å². The molecule has 2 rings (SSSR count). The van der Waals surface area contributed by atoms with Crippen LogP contribution >= 0.6 is 0 Å². The molecule has 0 saturated carbocycles. The Balaban J connectivity index is 2.41. The van der Waals surface area contributed by atoms with Crippen molar-refractivity contribution in [3.63, 3.8) is 0 Å². The summed E-state index contributed by atoms with van der Waals surface area (Å²) in [6.07, 6.45) is 0. The lowest BCUT2D eigenvalue weighted by Gasteiger charge is -2.30. The van der Waals surface area contributed by atoms with Crippen LogP contribution in [-0.2, 0) is 10.0 Å². The molecule has 6 nitrogen and oxygen atoms in total. The second-order valence-electron chi connectivity index (χ2n) is 4.10. The number of nitriles is 2. The first-order valence-corrected chi connectivity index (χ1v) is 7.16. The molecule has 0 aromatic heterocycles. The number of sulfonamides is 1. The smallest absolute Gasteiger partial charge is 0.244 e. The lowest BCUT2D eigenvalue weighted by Crippen LogP contribution is -2.52. The number of nitrogens with zero attached hydrogens (tertiary/aromatic N) is 3. The van der Waals surface area contributed by atoms with Gasteiger partial charge in [0.2, 0.25) is 10.0 Å². The van der Waals surface area contributed by atoms with Gasteiger partial charge in [0.05, 0.1) is 22.6 Å². The molecule has 7 heteroatoms. The van der Waals surface area contributed by atoms with Crippen LogP contribution in [0.3, 0.4) is 0 Å². The van der Waals surface area contributed by atoms with Crippen LogP contribution in [0, 0.1) is 22.7 Å². The van der Waals surface area contributed by atoms with E-state index in [0.29, 0.717) is 13.1 Å². The van der Waals surface area contributed by atoms with Gasteiger partial charge < -0.3 is 5.32 Å². The van der Waals surface area contributed by atoms with Crippen molar-refractivity contribution in [1.29, 1.82) is 10.5 Å². The minimum atomic E-state index is -3.74. The Hall–Kier alpha value is -1.93. The van der Waals surface area contributed by atoms with Crippen molar-refractivity contribution in [3.05, 3.63) is 29.8 Å². The summed E-state index contributed by atoms with van der Waals surface area (Å²) in [5, 5.41) is 20.8. The van der Waals surface area contributed by atoms with Crippen molar-refractivity contribution in [3.8, 4) is 12.1 Å². The number of piperazine rings is 1. The van der Waals surface area contributed by atoms with E-state index in [9.17, 15) is 8.42 Å². The Kier molecular flexibility index (Phi) is 3.82. The molecule has 1 unspecified atom stereocenters. The number of nitrogens with one attached hydrogen (secondary N) is 1. The molecular formula is C12H12N4O2S. The summed E-state index contributed by atoms with van der Waals surface area (Å²) in [4.78, 5) is 0.0497. The van der Waals surface area contributed by atoms with Crippen LogP contribution in [0.5, 0.6) is 0 Å². The van der Waals surface area contributed by atoms with Gasteiger partial charge in [0.1, 0.15) is 6.04 Å². The molecule has 1 saturated heterocycles. The average molecular weight is 276 g/mol. The van der Waals surface area contributed by atoms with Gasteiger partial charge >= 0.3 is 0 Å². The summed E-state index contributed by atoms with van der Waals surface area (Å²) in [5.41, 5.74) is 0.282. The predicted octanol–water partition coefficient (Wildman–Crippen LogP) is 0.0444. The van der Waals surface area contributed by atoms with Crippen LogP contribution in [0.1, 0.15) is 5.56 Å². The molecule has 1 aromatic rings. The Morgan fingerprint density at radius 1 is 1.37 bits per heavy atom. The maximum atomic E-state index is 12.5. The summed E-state index contributed by atoms with van der Waals surface area (Å²) < 4.78 is 26.1. The topological polar surface area (TPSA) is 97.0 Å². The van der Waals surface area contributed by atoms with Crippen molar-refractivity contribution in [1.82, 2.24) is 9.62 Å². The molecule has 1 atom stereocenters. The number of hydrogen-bond acceptors (Lipinski definition) is 5. The molecule has 98 valence electrons. The van der Waals surface area contributed by atoms with Gasteiger partial charge in [-0.1, -0.05) is 6.07 Å². The van der Waals surface area contributed by atoms with Crippen LogP contribution in [-0.4, -0.2) is 38.4 Å². The third kappa shape index (κ3) is 2.59. The fraction of sp³-hybridized carbons (Fsp3) is 0.333. The number of rotatable bonds is 2. The van der Waals surface area contributed by atoms with E-state index in [-0.39, 0.29) is 17.0 Å². The minimum absolute atomic E-state index is 0.0497. The standard InChI is InChI=1S/C12H12N4O2S/c13-7-10-2-1-3-12(6-10)19(17,18)16-5-4-15-9-11(16)8-14/h1-3,6,11,15H,4-5,9H2. The molecule has 1 N–H and O–H groups in total. The van der Waals surface area contributed by atoms with Crippen LogP contribution in [0.4, 0.5) is 0 Å². The van der Waals surface area contributed by atoms with Crippen LogP contribution in [0.2, 0.25) is 0 Å². The van der Waals surface area contributed by atoms with Crippen molar-refractivity contribution in [2.75, 3.05) is 19.6 Å². The van der Waals surface area contributed by atoms with Gasteiger partial charge in [-0.3, -0.25) is 0 Å². The van der Waals surface area contributed by atoms with E-state index < -0.39 is 16.1 Å². The molecule has 1 heterocycles. The maximum Gasteiger partial charge on any atom is 0.244 e. The van der Waals surface area contributed by atoms with Crippen molar-refractivity contribution in [2.45, 2.75) is 10.9 Å². The third-order valence-electron chi connectivity index (χ3n) is 2.91. The van der Waals surface area contributed by atoms with E-state index >= 15 is 0 Å². The van der Waals surface area contributed by atoms with Gasteiger partial charge in [-0.25, -0.2) is 8.42 Å². The second-order valence-corrected chi connectivity index (χ2v) is 5.99. The monoisotopic (exact) mass is 276 g/mol. The summed E-state index contributed by atoms with van der Waals surface area (Å²) in [6, 6.07) is 8.99. The highest BCUT2D eigenvalue weighted by Crippen LogP contribution is 2.20. The quantitative estimate of drug-likeness (QED) is 0.822. The predicted molar refractivity (Wildman–Crippen MR) is 67.3 cm³/mol. The highest BCUT2D eigenvalue weighted by Gasteiger charge is 2.33. The van der Waals surface area contributed by atoms with Crippen LogP contribution in [0.25, 0.3) is 0 Å². The molecule has 1 aromatic carbocycles. The molecule has 0 aliphatic carbocycles. The first kappa shape index (κ1) is 13.5. The normalized spacial score (nSPS) is 20.4. The Labute approximate surface area is 111 Å². The molecular weight excluding hydrogens is 264 g/mol. The van der Waals surface area contributed by atoms with Gasteiger partial charge in [-0.2, -0.15) is 14.8 Å². The zero-order valence-corrected chi connectivity index (χ0v) is 10.9. The summed E-state index contributed by atoms with van der Waals surface area (Å²) in [6.45, 7) is 1.07. The first-order valence-electron chi connectivity index (χ1n) is 5.72. The van der Waals surface area contributed by atoms with E-state index in [2.05, 4.69) is 5.32 Å². The zero-order chi connectivity index (χ0) is 13.9. The number of hydrogen-bond donors (Lipinski definition) is 1. The molecule has 19 heavy (non-hydrogen) atoms. The van der Waals surface area contributed by atoms with Crippen molar-refractivity contribution < 1.29 is 8.42 Å². The summed E-state index contributed by atoms with van der Waals surface area (Å²) in [7, 11) is -3.74. The SMILES string of the molecule is N#Cc1cccc(S(=O)(=O)N2CCNCC2C#N)c1. The highest BCUT2D eigenvalue weighted by molar-refractivity contribution is 7.89. The Morgan fingerprint density at radius 3 is 2.84 bits per heavy atom. The number of benzene rings is 1. The minimum Gasteiger partial charge on any atom is -0.313 e. The second kappa shape index (κ2) is 5.37. The lowest BCUT2D eigenvalue weighted by atomic mass is 10.2. The van der Waals surface area contributed by atoms with E-state index in [1.54, 1.807) is 6.07 Å². The van der Waals surface area contributed by atoms with Crippen LogP contribution < -0.4 is 5.32 Å². The molecule has 1 aliphatic rings. The summed E-state index contributed by atoms with van der Waals surface area (Å²) in [5.74, 6) is 0. The fourth-order valence-corrected chi connectivity index (χ4v) is 3.53. The Bertz CT molecular complexity index is 657. The van der Waals surface area contributed by atoms with Gasteiger partial charge in [-0.15, -0.1) is 0 Å². The van der Waals surface area contributed by atoms with Gasteiger partial charge in [0.25, 0.3) is 0 Å². The van der Waals surface area contributed by atoms with Gasteiger partial charge in [0.15, 0.2) is 0 Å². The lowest BCUT2D eigenvalue weighted by molar-refractivity contribution is 0.312. The fourth-order valence-electron chi connectivity index (χ4n) is 1.94. The molecule has 0 amide bonds. The molecule has 1 fully saturated rings. The maximum absolute atomic E-state index is 12.5. The average Bonchev–Trinajstić information content (AvgIpc) is 2.47. The molecule has 1 aliphatic heterocycles. The summed E-state index contributed by atoms with van der Waals surface area (Å²) >= 11 is 0. The highest BCUT2D eigenvalue weighted by atomic mass is 32.2. The van der Waals surface area contributed by atoms with E-state index in [1.807, 2.05) is 12.1 Å². The van der Waals surface area contributed by atoms with Gasteiger partial charge in [-0.05, 0) is 18.2 Å². The zero-order valence-electron chi connectivity index (χ0n) is 10.1. The third-order valence-corrected chi connectivity index (χ3v) is 4.82. The van der Waals surface area contributed by atoms with Gasteiger partial charge in [0, 0.05) is 19.6 Å². The molecule has 0 bridgehead atoms. The van der Waals surface area contributed by atoms with E-state index in [4.69, 9.17) is 10.5 Å². The van der Waals surface area contributed by atoms with Crippen molar-refractivity contribution >= 4 is 10.0 Å². The Morgan fingerprint density at radius 2 is 2.16 bits per heavy atom. The van der Waals surface area contributed by atoms with E-state index in [1.165, 1.54) is 22.5 Å². The van der Waals surface area contributed by atoms with E-state index in [0.717, 1.165) is 0 Å². The van der Waals surface area contributed by atoms with Crippen molar-refractivity contribution in [2.24, 2.45) is 0 Å². The molecule has 0 spiro atoms. The largest absolute Gasteiger partial charge is 0.313 e.